The molecule has 1 aliphatic heterocycles. The number of amides is 1. The molecule has 16 heavy (non-hydrogen) atoms. The van der Waals surface area contributed by atoms with Gasteiger partial charge in [0.15, 0.2) is 0 Å². The van der Waals surface area contributed by atoms with Crippen LogP contribution in [0.2, 0.25) is 0 Å². The van der Waals surface area contributed by atoms with Gasteiger partial charge in [-0.1, -0.05) is 6.08 Å². The second-order valence-electron chi connectivity index (χ2n) is 4.24. The molecule has 0 aromatic heterocycles. The molecule has 0 bridgehead atoms. The maximum absolute atomic E-state index is 12.1. The molecule has 0 unspecified atom stereocenters. The van der Waals surface area contributed by atoms with Crippen LogP contribution in [0, 0.1) is 5.41 Å². The number of nitrogens with one attached hydrogen (secondary N) is 1. The van der Waals surface area contributed by atoms with Crippen LogP contribution in [0.4, 0.5) is 0 Å². The van der Waals surface area contributed by atoms with Gasteiger partial charge in [-0.25, -0.2) is 0 Å². The van der Waals surface area contributed by atoms with Crippen molar-refractivity contribution in [3.05, 3.63) is 22.9 Å². The molecule has 2 rings (SSSR count). The number of hydrogen-bond donors (Lipinski definition) is 2. The highest BCUT2D eigenvalue weighted by Crippen LogP contribution is 2.23. The van der Waals surface area contributed by atoms with Crippen molar-refractivity contribution >= 4 is 12.1 Å². The van der Waals surface area contributed by atoms with E-state index in [1.807, 2.05) is 11.0 Å². The molecule has 0 spiro atoms. The summed E-state index contributed by atoms with van der Waals surface area (Å²) in [5, 5.41) is 7.25. The molecule has 1 amide bonds. The maximum Gasteiger partial charge on any atom is 0.255 e. The fourth-order valence-electron chi connectivity index (χ4n) is 2.23. The van der Waals surface area contributed by atoms with E-state index >= 15 is 0 Å². The van der Waals surface area contributed by atoms with Crippen LogP contribution >= 0.6 is 0 Å². The quantitative estimate of drug-likeness (QED) is 0.685. The van der Waals surface area contributed by atoms with E-state index in [-0.39, 0.29) is 5.91 Å². The van der Waals surface area contributed by atoms with E-state index in [1.54, 1.807) is 0 Å². The molecular weight excluding hydrogens is 202 g/mol. The first-order valence-electron chi connectivity index (χ1n) is 5.73. The Morgan fingerprint density at radius 2 is 2.12 bits per heavy atom. The van der Waals surface area contributed by atoms with Gasteiger partial charge in [-0.05, 0) is 31.3 Å². The third kappa shape index (κ3) is 1.87. The Morgan fingerprint density at radius 3 is 2.75 bits per heavy atom. The predicted molar refractivity (Wildman–Crippen MR) is 63.1 cm³/mol. The van der Waals surface area contributed by atoms with Crippen LogP contribution in [0.1, 0.15) is 25.7 Å². The van der Waals surface area contributed by atoms with Gasteiger partial charge in [0, 0.05) is 25.0 Å². The van der Waals surface area contributed by atoms with Crippen molar-refractivity contribution in [1.29, 1.82) is 5.41 Å². The molecule has 4 heteroatoms. The van der Waals surface area contributed by atoms with Crippen molar-refractivity contribution in [3.8, 4) is 0 Å². The molecular formula is C12H17N3O. The second-order valence-corrected chi connectivity index (χ2v) is 4.24. The Bertz CT molecular complexity index is 376. The monoisotopic (exact) mass is 219 g/mol. The first-order chi connectivity index (χ1) is 7.74. The van der Waals surface area contributed by atoms with Crippen LogP contribution in [-0.2, 0) is 4.79 Å². The van der Waals surface area contributed by atoms with Crippen LogP contribution in [0.25, 0.3) is 0 Å². The molecule has 1 heterocycles. The molecule has 0 saturated carbocycles. The third-order valence-electron chi connectivity index (χ3n) is 3.20. The zero-order valence-corrected chi connectivity index (χ0v) is 9.33. The van der Waals surface area contributed by atoms with Crippen molar-refractivity contribution in [3.63, 3.8) is 0 Å². The van der Waals surface area contributed by atoms with Gasteiger partial charge in [-0.15, -0.1) is 0 Å². The van der Waals surface area contributed by atoms with Crippen LogP contribution in [0.3, 0.4) is 0 Å². The SMILES string of the molecule is N=CC1=C(N)C(C(=O)N2CCCC2)=CCC1. The summed E-state index contributed by atoms with van der Waals surface area (Å²) >= 11 is 0. The van der Waals surface area contributed by atoms with Crippen molar-refractivity contribution in [2.45, 2.75) is 25.7 Å². The summed E-state index contributed by atoms with van der Waals surface area (Å²) in [7, 11) is 0. The molecule has 0 atom stereocenters. The van der Waals surface area contributed by atoms with Crippen molar-refractivity contribution < 1.29 is 4.79 Å². The Hall–Kier alpha value is -1.58. The number of carbonyl (C=O) groups is 1. The van der Waals surface area contributed by atoms with Gasteiger partial charge in [0.2, 0.25) is 0 Å². The highest BCUT2D eigenvalue weighted by atomic mass is 16.2. The second kappa shape index (κ2) is 4.51. The summed E-state index contributed by atoms with van der Waals surface area (Å²) in [6.45, 7) is 1.67. The standard InChI is InChI=1S/C12H17N3O/c13-8-9-4-3-5-10(11(9)14)12(16)15-6-1-2-7-15/h5,8,13H,1-4,6-7,14H2. The molecule has 0 aromatic rings. The average molecular weight is 219 g/mol. The predicted octanol–water partition coefficient (Wildman–Crippen LogP) is 1.19. The van der Waals surface area contributed by atoms with Gasteiger partial charge >= 0.3 is 0 Å². The van der Waals surface area contributed by atoms with Gasteiger partial charge in [0.05, 0.1) is 5.57 Å². The maximum atomic E-state index is 12.1. The molecule has 4 nitrogen and oxygen atoms in total. The molecule has 1 fully saturated rings. The fraction of sp³-hybridized carbons (Fsp3) is 0.500. The molecule has 1 aliphatic carbocycles. The first kappa shape index (κ1) is 10.9. The minimum Gasteiger partial charge on any atom is -0.398 e. The Kier molecular flexibility index (Phi) is 3.08. The van der Waals surface area contributed by atoms with E-state index in [0.29, 0.717) is 11.3 Å². The topological polar surface area (TPSA) is 70.2 Å². The smallest absolute Gasteiger partial charge is 0.255 e. The third-order valence-corrected chi connectivity index (χ3v) is 3.20. The van der Waals surface area contributed by atoms with E-state index in [2.05, 4.69) is 0 Å². The van der Waals surface area contributed by atoms with Gasteiger partial charge in [0.25, 0.3) is 5.91 Å². The number of nitrogens with two attached hydrogens (primary N) is 1. The first-order valence-corrected chi connectivity index (χ1v) is 5.73. The summed E-state index contributed by atoms with van der Waals surface area (Å²) < 4.78 is 0. The molecule has 0 radical (unpaired) electrons. The average Bonchev–Trinajstić information content (AvgIpc) is 2.82. The van der Waals surface area contributed by atoms with E-state index in [4.69, 9.17) is 11.1 Å². The summed E-state index contributed by atoms with van der Waals surface area (Å²) in [6, 6.07) is 0. The van der Waals surface area contributed by atoms with Crippen LogP contribution in [0.5, 0.6) is 0 Å². The molecule has 0 aromatic carbocycles. The highest BCUT2D eigenvalue weighted by molar-refractivity contribution is 6.00. The van der Waals surface area contributed by atoms with E-state index in [0.717, 1.165) is 44.3 Å². The largest absolute Gasteiger partial charge is 0.398 e. The minimum atomic E-state index is 0.0362. The number of carbonyl (C=O) groups excluding carboxylic acids is 1. The number of rotatable bonds is 2. The normalized spacial score (nSPS) is 21.0. The van der Waals surface area contributed by atoms with E-state index in [1.165, 1.54) is 6.21 Å². The summed E-state index contributed by atoms with van der Waals surface area (Å²) in [5.74, 6) is 0.0362. The number of likely N-dealkylation sites (tertiary alicyclic amines) is 1. The Balaban J connectivity index is 2.20. The minimum absolute atomic E-state index is 0.0362. The van der Waals surface area contributed by atoms with Crippen LogP contribution in [0.15, 0.2) is 22.9 Å². The lowest BCUT2D eigenvalue weighted by molar-refractivity contribution is -0.125. The van der Waals surface area contributed by atoms with Gasteiger partial charge in [0.1, 0.15) is 0 Å². The van der Waals surface area contributed by atoms with Crippen LogP contribution in [-0.4, -0.2) is 30.1 Å². The number of hydrogen-bond acceptors (Lipinski definition) is 3. The lowest BCUT2D eigenvalue weighted by Crippen LogP contribution is -2.32. The lowest BCUT2D eigenvalue weighted by atomic mass is 9.96. The number of nitrogens with zero attached hydrogens (tertiary/aromatic N) is 1. The molecule has 3 N–H and O–H groups in total. The van der Waals surface area contributed by atoms with Crippen molar-refractivity contribution in [2.24, 2.45) is 5.73 Å². The lowest BCUT2D eigenvalue weighted by Gasteiger charge is -2.21. The van der Waals surface area contributed by atoms with Crippen molar-refractivity contribution in [2.75, 3.05) is 13.1 Å². The van der Waals surface area contributed by atoms with Gasteiger partial charge in [-0.2, -0.15) is 0 Å². The zero-order valence-electron chi connectivity index (χ0n) is 9.33. The van der Waals surface area contributed by atoms with Gasteiger partial charge < -0.3 is 16.0 Å². The van der Waals surface area contributed by atoms with E-state index in [9.17, 15) is 4.79 Å². The summed E-state index contributed by atoms with van der Waals surface area (Å²) in [6.07, 6.45) is 6.91. The van der Waals surface area contributed by atoms with E-state index < -0.39 is 0 Å². The Morgan fingerprint density at radius 1 is 1.44 bits per heavy atom. The number of allylic oxidation sites excluding steroid dienone is 2. The molecule has 1 saturated heterocycles. The van der Waals surface area contributed by atoms with Gasteiger partial charge in [-0.3, -0.25) is 4.79 Å². The zero-order chi connectivity index (χ0) is 11.5. The molecule has 2 aliphatic rings. The molecule has 86 valence electrons. The fourth-order valence-corrected chi connectivity index (χ4v) is 2.23. The Labute approximate surface area is 95.3 Å². The summed E-state index contributed by atoms with van der Waals surface area (Å²) in [4.78, 5) is 14.0. The summed E-state index contributed by atoms with van der Waals surface area (Å²) in [5.41, 5.74) is 7.80. The van der Waals surface area contributed by atoms with Crippen LogP contribution < -0.4 is 5.73 Å². The highest BCUT2D eigenvalue weighted by Gasteiger charge is 2.25. The van der Waals surface area contributed by atoms with Crippen molar-refractivity contribution in [1.82, 2.24) is 4.90 Å².